The molecule has 1 atom stereocenters. The van der Waals surface area contributed by atoms with Gasteiger partial charge in [-0.3, -0.25) is 5.32 Å². The van der Waals surface area contributed by atoms with Gasteiger partial charge in [0.15, 0.2) is 0 Å². The smallest absolute Gasteiger partial charge is 0.256 e. The number of rotatable bonds is 6. The van der Waals surface area contributed by atoms with E-state index in [-0.39, 0.29) is 0 Å². The number of nitrogens with zero attached hydrogens (tertiary/aromatic N) is 2. The molecule has 18 heavy (non-hydrogen) atoms. The molecule has 0 bridgehead atoms. The van der Waals surface area contributed by atoms with Crippen LogP contribution < -0.4 is 5.32 Å². The monoisotopic (exact) mass is 267 g/mol. The predicted molar refractivity (Wildman–Crippen MR) is 73.6 cm³/mol. The van der Waals surface area contributed by atoms with Gasteiger partial charge >= 0.3 is 0 Å². The van der Waals surface area contributed by atoms with Crippen LogP contribution in [0.25, 0.3) is 0 Å². The van der Waals surface area contributed by atoms with Crippen LogP contribution in [0.15, 0.2) is 9.64 Å². The highest BCUT2D eigenvalue weighted by Crippen LogP contribution is 2.23. The highest BCUT2D eigenvalue weighted by Gasteiger charge is 2.24. The Morgan fingerprint density at radius 1 is 1.50 bits per heavy atom. The third-order valence-electron chi connectivity index (χ3n) is 2.69. The van der Waals surface area contributed by atoms with Crippen LogP contribution >= 0.6 is 11.8 Å². The molecule has 0 radical (unpaired) electrons. The number of aromatic nitrogens is 1. The second-order valence-electron chi connectivity index (χ2n) is 4.96. The molecule has 1 rings (SSSR count). The molecule has 0 amide bonds. The van der Waals surface area contributed by atoms with Crippen molar-refractivity contribution < 1.29 is 4.42 Å². The van der Waals surface area contributed by atoms with Crippen LogP contribution in [-0.4, -0.2) is 22.3 Å². The fraction of sp³-hybridized carbons (Fsp3) is 0.692. The van der Waals surface area contributed by atoms with Crippen LogP contribution in [0.1, 0.15) is 38.6 Å². The minimum Gasteiger partial charge on any atom is -0.437 e. The van der Waals surface area contributed by atoms with E-state index in [9.17, 15) is 5.26 Å². The maximum Gasteiger partial charge on any atom is 0.256 e. The Kier molecular flexibility index (Phi) is 5.24. The van der Waals surface area contributed by atoms with Gasteiger partial charge in [0.25, 0.3) is 5.22 Å². The first-order chi connectivity index (χ1) is 8.36. The number of nitrogens with one attached hydrogen (secondary N) is 1. The van der Waals surface area contributed by atoms with Gasteiger partial charge in [-0.1, -0.05) is 11.8 Å². The van der Waals surface area contributed by atoms with Crippen LogP contribution in [0.2, 0.25) is 0 Å². The minimum atomic E-state index is -0.488. The Labute approximate surface area is 113 Å². The SMILES string of the molecule is Cc1nc(SCCC(C)(C#N)NC(C)C)oc1C. The molecule has 5 heteroatoms. The summed E-state index contributed by atoms with van der Waals surface area (Å²) in [5.74, 6) is 1.67. The van der Waals surface area contributed by atoms with Crippen molar-refractivity contribution in [2.45, 2.75) is 57.8 Å². The summed E-state index contributed by atoms with van der Waals surface area (Å²) in [5.41, 5.74) is 0.443. The van der Waals surface area contributed by atoms with E-state index in [1.165, 1.54) is 0 Å². The van der Waals surface area contributed by atoms with E-state index in [0.717, 1.165) is 23.6 Å². The summed E-state index contributed by atoms with van der Waals surface area (Å²) < 4.78 is 5.49. The number of hydrogen-bond donors (Lipinski definition) is 1. The fourth-order valence-corrected chi connectivity index (χ4v) is 2.72. The zero-order valence-electron chi connectivity index (χ0n) is 11.7. The standard InChI is InChI=1S/C13H21N3OS/c1-9(2)16-13(5,8-14)6-7-18-12-15-10(3)11(4)17-12/h9,16H,6-7H2,1-5H3. The van der Waals surface area contributed by atoms with E-state index in [4.69, 9.17) is 4.42 Å². The maximum absolute atomic E-state index is 9.22. The highest BCUT2D eigenvalue weighted by atomic mass is 32.2. The number of aryl methyl sites for hydroxylation is 2. The van der Waals surface area contributed by atoms with E-state index in [1.807, 2.05) is 34.6 Å². The van der Waals surface area contributed by atoms with Gasteiger partial charge in [0, 0.05) is 11.8 Å². The summed E-state index contributed by atoms with van der Waals surface area (Å²) in [6.45, 7) is 9.86. The predicted octanol–water partition coefficient (Wildman–Crippen LogP) is 3.05. The minimum absolute atomic E-state index is 0.297. The molecule has 0 aliphatic heterocycles. The Morgan fingerprint density at radius 3 is 2.61 bits per heavy atom. The highest BCUT2D eigenvalue weighted by molar-refractivity contribution is 7.99. The normalized spacial score (nSPS) is 14.5. The number of hydrogen-bond acceptors (Lipinski definition) is 5. The maximum atomic E-state index is 9.22. The average Bonchev–Trinajstić information content (AvgIpc) is 2.57. The van der Waals surface area contributed by atoms with Gasteiger partial charge in [-0.2, -0.15) is 5.26 Å². The van der Waals surface area contributed by atoms with Crippen LogP contribution in [0.4, 0.5) is 0 Å². The number of oxazole rings is 1. The Bertz CT molecular complexity index is 416. The van der Waals surface area contributed by atoms with Crippen LogP contribution in [-0.2, 0) is 0 Å². The number of nitriles is 1. The van der Waals surface area contributed by atoms with Crippen molar-refractivity contribution in [3.63, 3.8) is 0 Å². The number of thioether (sulfide) groups is 1. The summed E-state index contributed by atoms with van der Waals surface area (Å²) in [5, 5.41) is 13.2. The van der Waals surface area contributed by atoms with Gasteiger partial charge in [-0.05, 0) is 41.0 Å². The first-order valence-electron chi connectivity index (χ1n) is 6.12. The molecule has 0 aliphatic rings. The molecular weight excluding hydrogens is 246 g/mol. The largest absolute Gasteiger partial charge is 0.437 e. The Morgan fingerprint density at radius 2 is 2.17 bits per heavy atom. The molecule has 100 valence electrons. The molecule has 0 aliphatic carbocycles. The molecule has 1 unspecified atom stereocenters. The molecule has 0 aromatic carbocycles. The second-order valence-corrected chi connectivity index (χ2v) is 6.01. The van der Waals surface area contributed by atoms with Crippen molar-refractivity contribution in [2.75, 3.05) is 5.75 Å². The topological polar surface area (TPSA) is 61.9 Å². The summed E-state index contributed by atoms with van der Waals surface area (Å²) in [4.78, 5) is 4.31. The van der Waals surface area contributed by atoms with Crippen LogP contribution in [0.3, 0.4) is 0 Å². The quantitative estimate of drug-likeness (QED) is 0.803. The van der Waals surface area contributed by atoms with E-state index in [0.29, 0.717) is 11.3 Å². The Balaban J connectivity index is 2.47. The van der Waals surface area contributed by atoms with E-state index in [1.54, 1.807) is 11.8 Å². The first kappa shape index (κ1) is 15.1. The van der Waals surface area contributed by atoms with Gasteiger partial charge in [-0.25, -0.2) is 4.98 Å². The van der Waals surface area contributed by atoms with E-state index in [2.05, 4.69) is 16.4 Å². The molecule has 1 aromatic rings. The summed E-state index contributed by atoms with van der Waals surface area (Å²) in [6, 6.07) is 2.63. The lowest BCUT2D eigenvalue weighted by molar-refractivity contribution is 0.396. The van der Waals surface area contributed by atoms with Gasteiger partial charge in [-0.15, -0.1) is 0 Å². The second kappa shape index (κ2) is 6.26. The molecule has 1 heterocycles. The zero-order chi connectivity index (χ0) is 13.8. The van der Waals surface area contributed by atoms with Crippen molar-refractivity contribution >= 4 is 11.8 Å². The lowest BCUT2D eigenvalue weighted by atomic mass is 10.0. The molecule has 1 N–H and O–H groups in total. The lowest BCUT2D eigenvalue weighted by Gasteiger charge is -2.25. The Hall–Kier alpha value is -0.990. The molecule has 4 nitrogen and oxygen atoms in total. The zero-order valence-corrected chi connectivity index (χ0v) is 12.5. The summed E-state index contributed by atoms with van der Waals surface area (Å²) in [6.07, 6.45) is 0.757. The van der Waals surface area contributed by atoms with Crippen molar-refractivity contribution in [3.05, 3.63) is 11.5 Å². The molecular formula is C13H21N3OS. The van der Waals surface area contributed by atoms with Crippen molar-refractivity contribution in [2.24, 2.45) is 0 Å². The molecule has 0 fully saturated rings. The molecule has 0 saturated carbocycles. The van der Waals surface area contributed by atoms with Crippen LogP contribution in [0, 0.1) is 25.2 Å². The van der Waals surface area contributed by atoms with Gasteiger partial charge in [0.2, 0.25) is 0 Å². The van der Waals surface area contributed by atoms with Gasteiger partial charge in [0.1, 0.15) is 11.3 Å². The fourth-order valence-electron chi connectivity index (χ4n) is 1.64. The molecule has 0 spiro atoms. The van der Waals surface area contributed by atoms with Crippen LogP contribution in [0.5, 0.6) is 0 Å². The summed E-state index contributed by atoms with van der Waals surface area (Å²) >= 11 is 1.56. The van der Waals surface area contributed by atoms with Crippen molar-refractivity contribution in [1.29, 1.82) is 5.26 Å². The van der Waals surface area contributed by atoms with Gasteiger partial charge in [0.05, 0.1) is 11.8 Å². The van der Waals surface area contributed by atoms with Crippen molar-refractivity contribution in [3.8, 4) is 6.07 Å². The third-order valence-corrected chi connectivity index (χ3v) is 3.52. The lowest BCUT2D eigenvalue weighted by Crippen LogP contribution is -2.45. The average molecular weight is 267 g/mol. The molecule has 0 saturated heterocycles. The van der Waals surface area contributed by atoms with Gasteiger partial charge < -0.3 is 4.42 Å². The van der Waals surface area contributed by atoms with E-state index < -0.39 is 5.54 Å². The van der Waals surface area contributed by atoms with E-state index >= 15 is 0 Å². The molecule has 1 aromatic heterocycles. The third kappa shape index (κ3) is 4.35. The first-order valence-corrected chi connectivity index (χ1v) is 7.10. The summed E-state index contributed by atoms with van der Waals surface area (Å²) in [7, 11) is 0. The van der Waals surface area contributed by atoms with Crippen molar-refractivity contribution in [1.82, 2.24) is 10.3 Å².